The van der Waals surface area contributed by atoms with Crippen LogP contribution in [0.1, 0.15) is 17.2 Å². The number of halogens is 2. The van der Waals surface area contributed by atoms with E-state index in [1.54, 1.807) is 31.6 Å². The molecule has 5 heteroatoms. The van der Waals surface area contributed by atoms with Gasteiger partial charge in [-0.1, -0.05) is 6.07 Å². The molecule has 106 valence electrons. The maximum atomic E-state index is 14.1. The zero-order valence-electron chi connectivity index (χ0n) is 11.4. The quantitative estimate of drug-likeness (QED) is 0.905. The molecule has 0 aliphatic carbocycles. The van der Waals surface area contributed by atoms with E-state index in [1.807, 2.05) is 13.1 Å². The standard InChI is InChI=1S/C15H16BrFN2O/c1-18-13(7-10-6-11(16)9-19-8-10)15-12(17)4-3-5-14(15)20-2/h3-6,8-9,13,18H,7H2,1-2H3. The van der Waals surface area contributed by atoms with E-state index in [2.05, 4.69) is 26.2 Å². The van der Waals surface area contributed by atoms with Gasteiger partial charge in [0.2, 0.25) is 0 Å². The fourth-order valence-corrected chi connectivity index (χ4v) is 2.60. The monoisotopic (exact) mass is 338 g/mol. The lowest BCUT2D eigenvalue weighted by molar-refractivity contribution is 0.393. The van der Waals surface area contributed by atoms with E-state index in [0.29, 0.717) is 17.7 Å². The highest BCUT2D eigenvalue weighted by molar-refractivity contribution is 9.10. The fraction of sp³-hybridized carbons (Fsp3) is 0.267. The van der Waals surface area contributed by atoms with Gasteiger partial charge in [-0.05, 0) is 53.2 Å². The van der Waals surface area contributed by atoms with Gasteiger partial charge in [0.1, 0.15) is 11.6 Å². The van der Waals surface area contributed by atoms with Gasteiger partial charge in [0.05, 0.1) is 7.11 Å². The van der Waals surface area contributed by atoms with E-state index < -0.39 is 0 Å². The molecule has 0 bridgehead atoms. The topological polar surface area (TPSA) is 34.2 Å². The summed E-state index contributed by atoms with van der Waals surface area (Å²) in [6.07, 6.45) is 4.13. The molecule has 2 aromatic rings. The third kappa shape index (κ3) is 3.35. The van der Waals surface area contributed by atoms with E-state index >= 15 is 0 Å². The molecule has 1 heterocycles. The smallest absolute Gasteiger partial charge is 0.131 e. The van der Waals surface area contributed by atoms with Crippen molar-refractivity contribution in [2.45, 2.75) is 12.5 Å². The number of aromatic nitrogens is 1. The largest absolute Gasteiger partial charge is 0.496 e. The molecule has 1 aromatic carbocycles. The fourth-order valence-electron chi connectivity index (χ4n) is 2.19. The Hall–Kier alpha value is -1.46. The first kappa shape index (κ1) is 14.9. The molecule has 3 nitrogen and oxygen atoms in total. The van der Waals surface area contributed by atoms with Crippen molar-refractivity contribution in [2.24, 2.45) is 0 Å². The van der Waals surface area contributed by atoms with Crippen LogP contribution >= 0.6 is 15.9 Å². The summed E-state index contributed by atoms with van der Waals surface area (Å²) >= 11 is 3.39. The van der Waals surface area contributed by atoms with Crippen LogP contribution in [0.3, 0.4) is 0 Å². The average Bonchev–Trinajstić information content (AvgIpc) is 2.45. The lowest BCUT2D eigenvalue weighted by Gasteiger charge is -2.20. The first-order valence-corrected chi connectivity index (χ1v) is 7.04. The van der Waals surface area contributed by atoms with Gasteiger partial charge in [-0.15, -0.1) is 0 Å². The lowest BCUT2D eigenvalue weighted by Crippen LogP contribution is -2.21. The minimum Gasteiger partial charge on any atom is -0.496 e. The lowest BCUT2D eigenvalue weighted by atomic mass is 9.98. The van der Waals surface area contributed by atoms with Crippen LogP contribution in [0.5, 0.6) is 5.75 Å². The van der Waals surface area contributed by atoms with Crippen molar-refractivity contribution in [3.8, 4) is 5.75 Å². The second-order valence-electron chi connectivity index (χ2n) is 4.41. The van der Waals surface area contributed by atoms with Crippen LogP contribution in [0.2, 0.25) is 0 Å². The zero-order chi connectivity index (χ0) is 14.5. The van der Waals surface area contributed by atoms with Crippen LogP contribution in [-0.4, -0.2) is 19.1 Å². The summed E-state index contributed by atoms with van der Waals surface area (Å²) in [6.45, 7) is 0. The van der Waals surface area contributed by atoms with Crippen molar-refractivity contribution in [1.82, 2.24) is 10.3 Å². The molecule has 0 radical (unpaired) electrons. The maximum Gasteiger partial charge on any atom is 0.131 e. The summed E-state index contributed by atoms with van der Waals surface area (Å²) in [5.41, 5.74) is 1.56. The maximum absolute atomic E-state index is 14.1. The predicted molar refractivity (Wildman–Crippen MR) is 80.4 cm³/mol. The number of likely N-dealkylation sites (N-methyl/N-ethyl adjacent to an activating group) is 1. The Bertz CT molecular complexity index is 592. The van der Waals surface area contributed by atoms with E-state index in [0.717, 1.165) is 10.0 Å². The normalized spacial score (nSPS) is 12.2. The van der Waals surface area contributed by atoms with Crippen molar-refractivity contribution in [3.05, 3.63) is 58.1 Å². The SMILES string of the molecule is CNC(Cc1cncc(Br)c1)c1c(F)cccc1OC. The highest BCUT2D eigenvalue weighted by Gasteiger charge is 2.19. The van der Waals surface area contributed by atoms with Gasteiger partial charge in [-0.2, -0.15) is 0 Å². The minimum atomic E-state index is -0.272. The van der Waals surface area contributed by atoms with Crippen LogP contribution < -0.4 is 10.1 Å². The Morgan fingerprint density at radius 2 is 2.20 bits per heavy atom. The minimum absolute atomic E-state index is 0.178. The number of rotatable bonds is 5. The number of pyridine rings is 1. The van der Waals surface area contributed by atoms with Crippen molar-refractivity contribution >= 4 is 15.9 Å². The second-order valence-corrected chi connectivity index (χ2v) is 5.33. The molecular weight excluding hydrogens is 323 g/mol. The third-order valence-electron chi connectivity index (χ3n) is 3.13. The van der Waals surface area contributed by atoms with Gasteiger partial charge in [-0.25, -0.2) is 4.39 Å². The molecule has 0 fully saturated rings. The van der Waals surface area contributed by atoms with E-state index in [-0.39, 0.29) is 11.9 Å². The number of hydrogen-bond acceptors (Lipinski definition) is 3. The van der Waals surface area contributed by atoms with Crippen molar-refractivity contribution < 1.29 is 9.13 Å². The highest BCUT2D eigenvalue weighted by Crippen LogP contribution is 2.30. The van der Waals surface area contributed by atoms with E-state index in [1.165, 1.54) is 6.07 Å². The first-order valence-electron chi connectivity index (χ1n) is 6.24. The van der Waals surface area contributed by atoms with Gasteiger partial charge in [0.25, 0.3) is 0 Å². The number of nitrogens with zero attached hydrogens (tertiary/aromatic N) is 1. The van der Waals surface area contributed by atoms with Crippen molar-refractivity contribution in [3.63, 3.8) is 0 Å². The van der Waals surface area contributed by atoms with Crippen molar-refractivity contribution in [1.29, 1.82) is 0 Å². The molecule has 0 aliphatic rings. The summed E-state index contributed by atoms with van der Waals surface area (Å²) in [5, 5.41) is 3.14. The Morgan fingerprint density at radius 1 is 1.40 bits per heavy atom. The molecule has 1 unspecified atom stereocenters. The molecule has 0 saturated carbocycles. The van der Waals surface area contributed by atoms with Crippen LogP contribution in [0.15, 0.2) is 41.1 Å². The number of methoxy groups -OCH3 is 1. The van der Waals surface area contributed by atoms with Crippen LogP contribution in [0, 0.1) is 5.82 Å². The first-order chi connectivity index (χ1) is 9.65. The van der Waals surface area contributed by atoms with Crippen LogP contribution in [0.4, 0.5) is 4.39 Å². The molecule has 0 spiro atoms. The molecule has 0 amide bonds. The van der Waals surface area contributed by atoms with Crippen LogP contribution in [-0.2, 0) is 6.42 Å². The number of ether oxygens (including phenoxy) is 1. The summed E-state index contributed by atoms with van der Waals surface area (Å²) < 4.78 is 20.3. The van der Waals surface area contributed by atoms with Crippen LogP contribution in [0.25, 0.3) is 0 Å². The summed E-state index contributed by atoms with van der Waals surface area (Å²) in [5.74, 6) is 0.277. The summed E-state index contributed by atoms with van der Waals surface area (Å²) in [7, 11) is 3.35. The van der Waals surface area contributed by atoms with Gasteiger partial charge in [-0.3, -0.25) is 4.98 Å². The van der Waals surface area contributed by atoms with Gasteiger partial charge < -0.3 is 10.1 Å². The molecule has 0 saturated heterocycles. The highest BCUT2D eigenvalue weighted by atomic mass is 79.9. The Morgan fingerprint density at radius 3 is 2.85 bits per heavy atom. The van der Waals surface area contributed by atoms with Gasteiger partial charge >= 0.3 is 0 Å². The summed E-state index contributed by atoms with van der Waals surface area (Å²) in [4.78, 5) is 4.13. The molecule has 0 aliphatic heterocycles. The van der Waals surface area contributed by atoms with Gasteiger partial charge in [0.15, 0.2) is 0 Å². The number of benzene rings is 1. The molecule has 1 N–H and O–H groups in total. The predicted octanol–water partition coefficient (Wildman–Crippen LogP) is 3.50. The Balaban J connectivity index is 2.33. The molecule has 2 rings (SSSR count). The summed E-state index contributed by atoms with van der Waals surface area (Å²) in [6, 6.07) is 6.65. The average molecular weight is 339 g/mol. The molecular formula is C15H16BrFN2O. The number of nitrogens with one attached hydrogen (secondary N) is 1. The third-order valence-corrected chi connectivity index (χ3v) is 3.56. The van der Waals surface area contributed by atoms with Crippen molar-refractivity contribution in [2.75, 3.05) is 14.2 Å². The molecule has 20 heavy (non-hydrogen) atoms. The van der Waals surface area contributed by atoms with E-state index in [4.69, 9.17) is 4.74 Å². The molecule has 1 aromatic heterocycles. The zero-order valence-corrected chi connectivity index (χ0v) is 12.9. The number of hydrogen-bond donors (Lipinski definition) is 1. The van der Waals surface area contributed by atoms with Gasteiger partial charge in [0, 0.05) is 28.5 Å². The second kappa shape index (κ2) is 6.81. The molecule has 1 atom stereocenters. The Kier molecular flexibility index (Phi) is 5.09. The Labute approximate surface area is 126 Å². The van der Waals surface area contributed by atoms with E-state index in [9.17, 15) is 4.39 Å².